The molecule has 0 fully saturated rings. The van der Waals surface area contributed by atoms with E-state index in [4.69, 9.17) is 0 Å². The first kappa shape index (κ1) is 17.1. The Hall–Kier alpha value is -0.890. The van der Waals surface area contributed by atoms with Crippen LogP contribution in [0.1, 0.15) is 58.8 Å². The van der Waals surface area contributed by atoms with Gasteiger partial charge in [-0.1, -0.05) is 51.0 Å². The number of aldehydes is 1. The highest BCUT2D eigenvalue weighted by Gasteiger charge is 2.12. The average molecular weight is 252 g/mol. The minimum absolute atomic E-state index is 0.324. The standard InChI is InChI=1S/C16H28O2/c1-3-12-15(4-2)16(18)13-10-8-6-5-7-9-11-14-17/h6,8,10,13-16,18H,3-5,7,9,11-12H2,1-2H3/b8-6-,13-10+. The predicted octanol–water partition coefficient (Wildman–Crippen LogP) is 4.05. The van der Waals surface area contributed by atoms with Gasteiger partial charge in [-0.2, -0.15) is 0 Å². The van der Waals surface area contributed by atoms with Crippen molar-refractivity contribution in [2.24, 2.45) is 5.92 Å². The Morgan fingerprint density at radius 1 is 1.11 bits per heavy atom. The Kier molecular flexibility index (Phi) is 11.9. The van der Waals surface area contributed by atoms with Gasteiger partial charge in [0.2, 0.25) is 0 Å². The maximum atomic E-state index is 10.1. The largest absolute Gasteiger partial charge is 0.389 e. The molecule has 2 unspecified atom stereocenters. The molecule has 0 aliphatic heterocycles. The van der Waals surface area contributed by atoms with E-state index in [1.807, 2.05) is 18.2 Å². The van der Waals surface area contributed by atoms with E-state index in [-0.39, 0.29) is 6.10 Å². The smallest absolute Gasteiger partial charge is 0.119 e. The minimum atomic E-state index is -0.324. The van der Waals surface area contributed by atoms with E-state index in [1.54, 1.807) is 0 Å². The summed E-state index contributed by atoms with van der Waals surface area (Å²) in [5.41, 5.74) is 0. The van der Waals surface area contributed by atoms with E-state index >= 15 is 0 Å². The Bertz CT molecular complexity index is 243. The quantitative estimate of drug-likeness (QED) is 0.342. The first-order chi connectivity index (χ1) is 8.76. The zero-order chi connectivity index (χ0) is 13.6. The molecule has 104 valence electrons. The number of aliphatic hydroxyl groups is 1. The Morgan fingerprint density at radius 3 is 2.44 bits per heavy atom. The van der Waals surface area contributed by atoms with E-state index in [0.717, 1.165) is 44.8 Å². The van der Waals surface area contributed by atoms with Gasteiger partial charge >= 0.3 is 0 Å². The van der Waals surface area contributed by atoms with Crippen LogP contribution in [-0.4, -0.2) is 17.5 Å². The van der Waals surface area contributed by atoms with E-state index in [9.17, 15) is 9.90 Å². The number of unbranched alkanes of at least 4 members (excludes halogenated alkanes) is 3. The third-order valence-corrected chi connectivity index (χ3v) is 3.17. The summed E-state index contributed by atoms with van der Waals surface area (Å²) in [4.78, 5) is 10.1. The van der Waals surface area contributed by atoms with Gasteiger partial charge in [0.25, 0.3) is 0 Å². The molecule has 2 atom stereocenters. The fourth-order valence-corrected chi connectivity index (χ4v) is 1.99. The molecule has 0 aromatic rings. The van der Waals surface area contributed by atoms with Crippen LogP contribution in [-0.2, 0) is 4.79 Å². The van der Waals surface area contributed by atoms with Crippen molar-refractivity contribution in [3.8, 4) is 0 Å². The molecule has 0 aliphatic rings. The lowest BCUT2D eigenvalue weighted by Crippen LogP contribution is -2.16. The summed E-state index contributed by atoms with van der Waals surface area (Å²) in [7, 11) is 0. The van der Waals surface area contributed by atoms with Gasteiger partial charge in [-0.15, -0.1) is 0 Å². The number of hydrogen-bond acceptors (Lipinski definition) is 2. The van der Waals surface area contributed by atoms with Crippen molar-refractivity contribution in [1.29, 1.82) is 0 Å². The first-order valence-electron chi connectivity index (χ1n) is 7.21. The molecule has 2 nitrogen and oxygen atoms in total. The lowest BCUT2D eigenvalue weighted by atomic mass is 9.94. The molecule has 0 heterocycles. The zero-order valence-corrected chi connectivity index (χ0v) is 11.8. The van der Waals surface area contributed by atoms with Crippen LogP contribution in [0.3, 0.4) is 0 Å². The Morgan fingerprint density at radius 2 is 1.83 bits per heavy atom. The van der Waals surface area contributed by atoms with Crippen molar-refractivity contribution in [2.45, 2.75) is 64.9 Å². The summed E-state index contributed by atoms with van der Waals surface area (Å²) in [5.74, 6) is 0.382. The van der Waals surface area contributed by atoms with E-state index in [0.29, 0.717) is 12.3 Å². The fourth-order valence-electron chi connectivity index (χ4n) is 1.99. The number of rotatable bonds is 11. The Balaban J connectivity index is 3.78. The molecule has 0 aromatic carbocycles. The number of carbonyl (C=O) groups excluding carboxylic acids is 1. The molecular formula is C16H28O2. The lowest BCUT2D eigenvalue weighted by Gasteiger charge is -2.17. The number of aliphatic hydroxyl groups excluding tert-OH is 1. The van der Waals surface area contributed by atoms with Crippen LogP contribution < -0.4 is 0 Å². The van der Waals surface area contributed by atoms with Crippen molar-refractivity contribution < 1.29 is 9.90 Å². The van der Waals surface area contributed by atoms with E-state index in [1.165, 1.54) is 0 Å². The molecule has 2 heteroatoms. The van der Waals surface area contributed by atoms with Crippen molar-refractivity contribution >= 4 is 6.29 Å². The molecule has 0 rings (SSSR count). The molecule has 0 spiro atoms. The summed E-state index contributed by atoms with van der Waals surface area (Å²) in [6, 6.07) is 0. The van der Waals surface area contributed by atoms with Gasteiger partial charge in [-0.25, -0.2) is 0 Å². The van der Waals surface area contributed by atoms with Gasteiger partial charge in [-0.05, 0) is 31.6 Å². The first-order valence-corrected chi connectivity index (χ1v) is 7.21. The lowest BCUT2D eigenvalue weighted by molar-refractivity contribution is -0.107. The minimum Gasteiger partial charge on any atom is -0.389 e. The van der Waals surface area contributed by atoms with Crippen molar-refractivity contribution in [3.63, 3.8) is 0 Å². The van der Waals surface area contributed by atoms with Crippen molar-refractivity contribution in [2.75, 3.05) is 0 Å². The monoisotopic (exact) mass is 252 g/mol. The topological polar surface area (TPSA) is 37.3 Å². The van der Waals surface area contributed by atoms with E-state index in [2.05, 4.69) is 19.9 Å². The number of carbonyl (C=O) groups is 1. The molecule has 0 aromatic heterocycles. The van der Waals surface area contributed by atoms with Gasteiger partial charge in [-0.3, -0.25) is 0 Å². The fraction of sp³-hybridized carbons (Fsp3) is 0.688. The molecule has 18 heavy (non-hydrogen) atoms. The van der Waals surface area contributed by atoms with Crippen LogP contribution in [0.5, 0.6) is 0 Å². The zero-order valence-electron chi connectivity index (χ0n) is 11.8. The highest BCUT2D eigenvalue weighted by molar-refractivity contribution is 5.48. The maximum absolute atomic E-state index is 10.1. The summed E-state index contributed by atoms with van der Waals surface area (Å²) < 4.78 is 0. The third kappa shape index (κ3) is 9.17. The number of hydrogen-bond donors (Lipinski definition) is 1. The highest BCUT2D eigenvalue weighted by atomic mass is 16.3. The second kappa shape index (κ2) is 12.6. The SMILES string of the molecule is CCCC(CC)C(O)/C=C/C=C\CCCCC=O. The summed E-state index contributed by atoms with van der Waals surface area (Å²) in [6.07, 6.45) is 15.5. The van der Waals surface area contributed by atoms with Crippen LogP contribution in [0.25, 0.3) is 0 Å². The van der Waals surface area contributed by atoms with Crippen LogP contribution >= 0.6 is 0 Å². The molecular weight excluding hydrogens is 224 g/mol. The van der Waals surface area contributed by atoms with Crippen LogP contribution in [0.2, 0.25) is 0 Å². The Labute approximate surface area is 112 Å². The van der Waals surface area contributed by atoms with Gasteiger partial charge in [0, 0.05) is 6.42 Å². The molecule has 1 N–H and O–H groups in total. The second-order valence-corrected chi connectivity index (χ2v) is 4.71. The molecule has 0 saturated heterocycles. The molecule has 0 aliphatic carbocycles. The van der Waals surface area contributed by atoms with Gasteiger partial charge in [0.15, 0.2) is 0 Å². The summed E-state index contributed by atoms with van der Waals surface area (Å²) >= 11 is 0. The molecule has 0 radical (unpaired) electrons. The van der Waals surface area contributed by atoms with Crippen LogP contribution in [0.15, 0.2) is 24.3 Å². The summed E-state index contributed by atoms with van der Waals surface area (Å²) in [6.45, 7) is 4.28. The third-order valence-electron chi connectivity index (χ3n) is 3.17. The normalized spacial score (nSPS) is 15.3. The van der Waals surface area contributed by atoms with Crippen LogP contribution in [0.4, 0.5) is 0 Å². The van der Waals surface area contributed by atoms with Crippen molar-refractivity contribution in [3.05, 3.63) is 24.3 Å². The van der Waals surface area contributed by atoms with Gasteiger partial charge < -0.3 is 9.90 Å². The van der Waals surface area contributed by atoms with Gasteiger partial charge in [0.1, 0.15) is 6.29 Å². The average Bonchev–Trinajstić information content (AvgIpc) is 2.38. The van der Waals surface area contributed by atoms with Crippen LogP contribution in [0, 0.1) is 5.92 Å². The molecule has 0 amide bonds. The maximum Gasteiger partial charge on any atom is 0.119 e. The second-order valence-electron chi connectivity index (χ2n) is 4.71. The van der Waals surface area contributed by atoms with Gasteiger partial charge in [0.05, 0.1) is 6.10 Å². The number of allylic oxidation sites excluding steroid dienone is 3. The predicted molar refractivity (Wildman–Crippen MR) is 77.5 cm³/mol. The van der Waals surface area contributed by atoms with Crippen molar-refractivity contribution in [1.82, 2.24) is 0 Å². The van der Waals surface area contributed by atoms with E-state index < -0.39 is 0 Å². The molecule has 0 bridgehead atoms. The summed E-state index contributed by atoms with van der Waals surface area (Å²) in [5, 5.41) is 9.95. The highest BCUT2D eigenvalue weighted by Crippen LogP contribution is 2.16. The molecule has 0 saturated carbocycles.